The van der Waals surface area contributed by atoms with Gasteiger partial charge in [0.1, 0.15) is 11.6 Å². The minimum absolute atomic E-state index is 0.0493. The van der Waals surface area contributed by atoms with Crippen LogP contribution in [0, 0.1) is 11.3 Å². The second-order valence-corrected chi connectivity index (χ2v) is 6.92. The first-order valence-electron chi connectivity index (χ1n) is 8.28. The van der Waals surface area contributed by atoms with Gasteiger partial charge in [0, 0.05) is 16.9 Å². The number of methoxy groups -OCH3 is 1. The van der Waals surface area contributed by atoms with E-state index in [4.69, 9.17) is 38.1 Å². The Morgan fingerprint density at radius 1 is 1.28 bits per heavy atom. The Hall–Kier alpha value is -3.47. The molecule has 2 aromatic carbocycles. The molecule has 0 aliphatic rings. The van der Waals surface area contributed by atoms with Crippen molar-refractivity contribution in [3.63, 3.8) is 0 Å². The predicted octanol–water partition coefficient (Wildman–Crippen LogP) is 4.83. The highest BCUT2D eigenvalue weighted by molar-refractivity contribution is 6.36. The number of hydrogen-bond acceptors (Lipinski definition) is 6. The number of nitriles is 1. The highest BCUT2D eigenvalue weighted by Crippen LogP contribution is 2.33. The lowest BCUT2D eigenvalue weighted by atomic mass is 10.2. The molecule has 7 nitrogen and oxygen atoms in total. The molecule has 2 heterocycles. The molecule has 0 aliphatic heterocycles. The second-order valence-electron chi connectivity index (χ2n) is 6.07. The Kier molecular flexibility index (Phi) is 4.66. The van der Waals surface area contributed by atoms with Crippen LogP contribution in [0.25, 0.3) is 28.2 Å². The quantitative estimate of drug-likeness (QED) is 0.469. The predicted molar refractivity (Wildman–Crippen MR) is 109 cm³/mol. The topological polar surface area (TPSA) is 107 Å². The molecule has 9 heteroatoms. The summed E-state index contributed by atoms with van der Waals surface area (Å²) in [5.41, 5.74) is 8.44. The van der Waals surface area contributed by atoms with Crippen LogP contribution in [0.15, 0.2) is 47.0 Å². The van der Waals surface area contributed by atoms with E-state index in [1.807, 2.05) is 6.07 Å². The van der Waals surface area contributed by atoms with Crippen molar-refractivity contribution in [3.8, 4) is 23.2 Å². The number of esters is 1. The number of ether oxygens (including phenoxy) is 1. The number of rotatable bonds is 3. The lowest BCUT2D eigenvalue weighted by Crippen LogP contribution is -2.11. The normalized spacial score (nSPS) is 10.8. The maximum Gasteiger partial charge on any atom is 0.357 e. The average Bonchev–Trinajstić information content (AvgIpc) is 3.27. The van der Waals surface area contributed by atoms with Crippen LogP contribution in [0.4, 0.5) is 5.69 Å². The molecule has 0 radical (unpaired) electrons. The highest BCUT2D eigenvalue weighted by Gasteiger charge is 2.22. The van der Waals surface area contributed by atoms with Gasteiger partial charge in [0.05, 0.1) is 28.9 Å². The van der Waals surface area contributed by atoms with Gasteiger partial charge in [0.15, 0.2) is 11.3 Å². The molecule has 0 atom stereocenters. The molecule has 0 aliphatic carbocycles. The van der Waals surface area contributed by atoms with Crippen LogP contribution >= 0.6 is 23.2 Å². The third kappa shape index (κ3) is 3.18. The molecule has 0 fully saturated rings. The van der Waals surface area contributed by atoms with E-state index in [1.165, 1.54) is 17.9 Å². The SMILES string of the molecule is COC(=O)c1c(N)c(C#N)cn1-c1ccc2oc(-c3ccc(Cl)cc3Cl)nc2c1. The Morgan fingerprint density at radius 3 is 2.76 bits per heavy atom. The van der Waals surface area contributed by atoms with Crippen LogP contribution < -0.4 is 5.73 Å². The zero-order chi connectivity index (χ0) is 20.7. The van der Waals surface area contributed by atoms with Crippen molar-refractivity contribution in [3.05, 3.63) is 63.9 Å². The number of carbonyl (C=O) groups is 1. The number of nitrogen functional groups attached to an aromatic ring is 1. The molecule has 0 unspecified atom stereocenters. The number of nitrogens with two attached hydrogens (primary N) is 1. The van der Waals surface area contributed by atoms with Gasteiger partial charge in [-0.2, -0.15) is 5.26 Å². The summed E-state index contributed by atoms with van der Waals surface area (Å²) >= 11 is 12.2. The van der Waals surface area contributed by atoms with Crippen LogP contribution in [0.2, 0.25) is 10.0 Å². The van der Waals surface area contributed by atoms with Gasteiger partial charge >= 0.3 is 5.97 Å². The van der Waals surface area contributed by atoms with Gasteiger partial charge in [-0.1, -0.05) is 23.2 Å². The second kappa shape index (κ2) is 7.17. The van der Waals surface area contributed by atoms with Crippen molar-refractivity contribution in [2.75, 3.05) is 12.8 Å². The van der Waals surface area contributed by atoms with Crippen LogP contribution in [0.3, 0.4) is 0 Å². The summed E-state index contributed by atoms with van der Waals surface area (Å²) in [6.07, 6.45) is 1.47. The van der Waals surface area contributed by atoms with E-state index in [0.717, 1.165) is 0 Å². The fraction of sp³-hybridized carbons (Fsp3) is 0.0500. The van der Waals surface area contributed by atoms with Gasteiger partial charge in [-0.25, -0.2) is 9.78 Å². The van der Waals surface area contributed by atoms with Crippen molar-refractivity contribution < 1.29 is 13.9 Å². The number of carbonyl (C=O) groups excluding carboxylic acids is 1. The summed E-state index contributed by atoms with van der Waals surface area (Å²) in [6, 6.07) is 12.1. The zero-order valence-corrected chi connectivity index (χ0v) is 16.5. The molecule has 0 bridgehead atoms. The fourth-order valence-electron chi connectivity index (χ4n) is 2.96. The van der Waals surface area contributed by atoms with E-state index >= 15 is 0 Å². The number of benzene rings is 2. The van der Waals surface area contributed by atoms with Crippen molar-refractivity contribution in [1.82, 2.24) is 9.55 Å². The molecule has 29 heavy (non-hydrogen) atoms. The lowest BCUT2D eigenvalue weighted by molar-refractivity contribution is 0.0593. The number of nitrogens with zero attached hydrogens (tertiary/aromatic N) is 3. The number of fused-ring (bicyclic) bond motifs is 1. The summed E-state index contributed by atoms with van der Waals surface area (Å²) in [4.78, 5) is 16.7. The van der Waals surface area contributed by atoms with Crippen molar-refractivity contribution in [2.24, 2.45) is 0 Å². The monoisotopic (exact) mass is 426 g/mol. The summed E-state index contributed by atoms with van der Waals surface area (Å²) in [5, 5.41) is 10.2. The summed E-state index contributed by atoms with van der Waals surface area (Å²) in [6.45, 7) is 0. The molecular weight excluding hydrogens is 415 g/mol. The zero-order valence-electron chi connectivity index (χ0n) is 14.9. The smallest absolute Gasteiger partial charge is 0.357 e. The molecular formula is C20H12Cl2N4O3. The molecule has 0 spiro atoms. The maximum atomic E-state index is 12.2. The maximum absolute atomic E-state index is 12.2. The van der Waals surface area contributed by atoms with Gasteiger partial charge in [-0.3, -0.25) is 0 Å². The van der Waals surface area contributed by atoms with Crippen molar-refractivity contribution in [2.45, 2.75) is 0 Å². The van der Waals surface area contributed by atoms with Crippen LogP contribution in [0.5, 0.6) is 0 Å². The molecule has 4 aromatic rings. The van der Waals surface area contributed by atoms with Gasteiger partial charge in [-0.05, 0) is 36.4 Å². The van der Waals surface area contributed by atoms with Crippen LogP contribution in [0.1, 0.15) is 16.1 Å². The minimum atomic E-state index is -0.655. The minimum Gasteiger partial charge on any atom is -0.464 e. The van der Waals surface area contributed by atoms with Gasteiger partial charge in [0.2, 0.25) is 5.89 Å². The third-order valence-corrected chi connectivity index (χ3v) is 4.90. The molecule has 4 rings (SSSR count). The van der Waals surface area contributed by atoms with Gasteiger partial charge in [-0.15, -0.1) is 0 Å². The first-order valence-corrected chi connectivity index (χ1v) is 9.04. The standard InChI is InChI=1S/C20H12Cl2N4O3/c1-28-20(27)18-17(24)10(8-23)9-26(18)12-3-5-16-15(7-12)25-19(29-16)13-4-2-11(21)6-14(13)22/h2-7,9H,24H2,1H3. The Bertz CT molecular complexity index is 1320. The van der Waals surface area contributed by atoms with E-state index in [0.29, 0.717) is 38.3 Å². The summed E-state index contributed by atoms with van der Waals surface area (Å²) < 4.78 is 12.1. The Morgan fingerprint density at radius 2 is 2.07 bits per heavy atom. The first-order chi connectivity index (χ1) is 13.9. The van der Waals surface area contributed by atoms with Crippen LogP contribution in [-0.4, -0.2) is 22.6 Å². The van der Waals surface area contributed by atoms with Gasteiger partial charge < -0.3 is 19.5 Å². The van der Waals surface area contributed by atoms with Crippen molar-refractivity contribution >= 4 is 46.0 Å². The largest absolute Gasteiger partial charge is 0.464 e. The third-order valence-electron chi connectivity index (χ3n) is 4.35. The number of hydrogen-bond donors (Lipinski definition) is 1. The Labute approximate surface area is 174 Å². The van der Waals surface area contributed by atoms with Gasteiger partial charge in [0.25, 0.3) is 0 Å². The molecule has 144 valence electrons. The number of anilines is 1. The number of oxazole rings is 1. The fourth-order valence-corrected chi connectivity index (χ4v) is 3.45. The molecule has 2 N–H and O–H groups in total. The molecule has 0 amide bonds. The lowest BCUT2D eigenvalue weighted by Gasteiger charge is -2.08. The van der Waals surface area contributed by atoms with E-state index < -0.39 is 5.97 Å². The van der Waals surface area contributed by atoms with E-state index in [1.54, 1.807) is 36.4 Å². The van der Waals surface area contributed by atoms with Crippen molar-refractivity contribution in [1.29, 1.82) is 5.26 Å². The molecule has 0 saturated carbocycles. The van der Waals surface area contributed by atoms with E-state index in [-0.39, 0.29) is 16.9 Å². The Balaban J connectivity index is 1.85. The van der Waals surface area contributed by atoms with E-state index in [2.05, 4.69) is 4.98 Å². The number of halogens is 2. The molecule has 0 saturated heterocycles. The highest BCUT2D eigenvalue weighted by atomic mass is 35.5. The summed E-state index contributed by atoms with van der Waals surface area (Å²) in [7, 11) is 1.24. The summed E-state index contributed by atoms with van der Waals surface area (Å²) in [5.74, 6) is -0.324. The number of aromatic nitrogens is 2. The van der Waals surface area contributed by atoms with Crippen LogP contribution in [-0.2, 0) is 4.74 Å². The van der Waals surface area contributed by atoms with E-state index in [9.17, 15) is 10.1 Å². The average molecular weight is 427 g/mol. The molecule has 2 aromatic heterocycles. The first kappa shape index (κ1) is 18.9.